The number of hydrogen-bond acceptors (Lipinski definition) is 2. The van der Waals surface area contributed by atoms with Crippen LogP contribution in [0.4, 0.5) is 0 Å². The molecule has 2 heterocycles. The predicted octanol–water partition coefficient (Wildman–Crippen LogP) is 1.99. The standard InChI is InChI=1S/C10H16BrN3/c1-13-5-3-4-8(7-13)9-6-10(11)14(2)12-9/h6,8H,3-5,7H2,1-2H3. The molecule has 0 aromatic carbocycles. The molecule has 1 saturated heterocycles. The van der Waals surface area contributed by atoms with Crippen LogP contribution in [0.1, 0.15) is 24.5 Å². The van der Waals surface area contributed by atoms with E-state index in [1.54, 1.807) is 0 Å². The maximum Gasteiger partial charge on any atom is 0.104 e. The minimum atomic E-state index is 0.617. The van der Waals surface area contributed by atoms with Crippen molar-refractivity contribution >= 4 is 15.9 Å². The van der Waals surface area contributed by atoms with Gasteiger partial charge in [0.15, 0.2) is 0 Å². The molecule has 4 heteroatoms. The van der Waals surface area contributed by atoms with E-state index in [0.29, 0.717) is 5.92 Å². The second kappa shape index (κ2) is 4.03. The molecule has 1 unspecified atom stereocenters. The highest BCUT2D eigenvalue weighted by Gasteiger charge is 2.21. The van der Waals surface area contributed by atoms with Gasteiger partial charge in [0.25, 0.3) is 0 Å². The van der Waals surface area contributed by atoms with Crippen LogP contribution in [0.15, 0.2) is 10.7 Å². The summed E-state index contributed by atoms with van der Waals surface area (Å²) in [4.78, 5) is 2.39. The number of likely N-dealkylation sites (tertiary alicyclic amines) is 1. The maximum atomic E-state index is 4.51. The molecular formula is C10H16BrN3. The van der Waals surface area contributed by atoms with Crippen LogP contribution in [0.2, 0.25) is 0 Å². The van der Waals surface area contributed by atoms with Gasteiger partial charge < -0.3 is 4.90 Å². The van der Waals surface area contributed by atoms with Crippen molar-refractivity contribution in [3.8, 4) is 0 Å². The van der Waals surface area contributed by atoms with Gasteiger partial charge in [0.05, 0.1) is 5.69 Å². The van der Waals surface area contributed by atoms with Crippen molar-refractivity contribution in [2.45, 2.75) is 18.8 Å². The van der Waals surface area contributed by atoms with Gasteiger partial charge in [-0.1, -0.05) is 0 Å². The zero-order chi connectivity index (χ0) is 10.1. The Hall–Kier alpha value is -0.350. The average Bonchev–Trinajstić information content (AvgIpc) is 2.47. The van der Waals surface area contributed by atoms with Gasteiger partial charge >= 0.3 is 0 Å². The number of rotatable bonds is 1. The molecule has 0 N–H and O–H groups in total. The Morgan fingerprint density at radius 2 is 2.29 bits per heavy atom. The SMILES string of the molecule is CN1CCCC(c2cc(Br)n(C)n2)C1. The van der Waals surface area contributed by atoms with Gasteiger partial charge in [-0.3, -0.25) is 4.68 Å². The molecule has 78 valence electrons. The molecule has 2 rings (SSSR count). The van der Waals surface area contributed by atoms with Crippen molar-refractivity contribution < 1.29 is 0 Å². The van der Waals surface area contributed by atoms with Crippen molar-refractivity contribution in [3.05, 3.63) is 16.4 Å². The van der Waals surface area contributed by atoms with Crippen LogP contribution >= 0.6 is 15.9 Å². The molecule has 1 fully saturated rings. The number of piperidine rings is 1. The monoisotopic (exact) mass is 257 g/mol. The molecule has 0 spiro atoms. The smallest absolute Gasteiger partial charge is 0.104 e. The quantitative estimate of drug-likeness (QED) is 0.768. The Labute approximate surface area is 93.2 Å². The first kappa shape index (κ1) is 10.2. The summed E-state index contributed by atoms with van der Waals surface area (Å²) in [5, 5.41) is 4.51. The molecule has 0 amide bonds. The van der Waals surface area contributed by atoms with Crippen LogP contribution in [0.3, 0.4) is 0 Å². The lowest BCUT2D eigenvalue weighted by Gasteiger charge is -2.28. The molecule has 0 aliphatic carbocycles. The molecule has 1 aliphatic heterocycles. The minimum Gasteiger partial charge on any atom is -0.306 e. The topological polar surface area (TPSA) is 21.1 Å². The van der Waals surface area contributed by atoms with Crippen LogP contribution in [-0.2, 0) is 7.05 Å². The fraction of sp³-hybridized carbons (Fsp3) is 0.700. The van der Waals surface area contributed by atoms with Crippen LogP contribution in [-0.4, -0.2) is 34.8 Å². The highest BCUT2D eigenvalue weighted by Crippen LogP contribution is 2.26. The summed E-state index contributed by atoms with van der Waals surface area (Å²) in [5.74, 6) is 0.617. The molecular weight excluding hydrogens is 242 g/mol. The summed E-state index contributed by atoms with van der Waals surface area (Å²) in [6.07, 6.45) is 2.56. The van der Waals surface area contributed by atoms with Gasteiger partial charge in [-0.15, -0.1) is 0 Å². The van der Waals surface area contributed by atoms with Crippen molar-refractivity contribution in [3.63, 3.8) is 0 Å². The first-order chi connectivity index (χ1) is 6.66. The first-order valence-electron chi connectivity index (χ1n) is 5.05. The van der Waals surface area contributed by atoms with Crippen LogP contribution < -0.4 is 0 Å². The largest absolute Gasteiger partial charge is 0.306 e. The molecule has 0 bridgehead atoms. The summed E-state index contributed by atoms with van der Waals surface area (Å²) in [7, 11) is 4.16. The van der Waals surface area contributed by atoms with Crippen LogP contribution in [0.5, 0.6) is 0 Å². The normalized spacial score (nSPS) is 24.1. The number of likely N-dealkylation sites (N-methyl/N-ethyl adjacent to an activating group) is 1. The number of nitrogens with zero attached hydrogens (tertiary/aromatic N) is 3. The van der Waals surface area contributed by atoms with Gasteiger partial charge in [0.1, 0.15) is 4.60 Å². The molecule has 0 saturated carbocycles. The van der Waals surface area contributed by atoms with Gasteiger partial charge in [0, 0.05) is 19.5 Å². The number of aryl methyl sites for hydroxylation is 1. The molecule has 0 radical (unpaired) electrons. The Morgan fingerprint density at radius 3 is 2.86 bits per heavy atom. The number of hydrogen-bond donors (Lipinski definition) is 0. The van der Waals surface area contributed by atoms with Crippen LogP contribution in [0, 0.1) is 0 Å². The summed E-state index contributed by atoms with van der Waals surface area (Å²) in [6, 6.07) is 2.14. The molecule has 1 aromatic heterocycles. The first-order valence-corrected chi connectivity index (χ1v) is 5.84. The Balaban J connectivity index is 2.14. The van der Waals surface area contributed by atoms with E-state index in [2.05, 4.69) is 39.0 Å². The minimum absolute atomic E-state index is 0.617. The van der Waals surface area contributed by atoms with Gasteiger partial charge in [-0.2, -0.15) is 5.10 Å². The zero-order valence-corrected chi connectivity index (χ0v) is 10.3. The van der Waals surface area contributed by atoms with Gasteiger partial charge in [-0.25, -0.2) is 0 Å². The molecule has 14 heavy (non-hydrogen) atoms. The second-order valence-electron chi connectivity index (χ2n) is 4.12. The third kappa shape index (κ3) is 2.01. The fourth-order valence-electron chi connectivity index (χ4n) is 2.07. The highest BCUT2D eigenvalue weighted by molar-refractivity contribution is 9.10. The predicted molar refractivity (Wildman–Crippen MR) is 60.4 cm³/mol. The molecule has 1 aliphatic rings. The zero-order valence-electron chi connectivity index (χ0n) is 8.70. The summed E-state index contributed by atoms with van der Waals surface area (Å²) in [5.41, 5.74) is 1.23. The lowest BCUT2D eigenvalue weighted by atomic mass is 9.95. The Bertz CT molecular complexity index is 302. The number of halogens is 1. The Kier molecular flexibility index (Phi) is 2.93. The van der Waals surface area contributed by atoms with E-state index in [9.17, 15) is 0 Å². The van der Waals surface area contributed by atoms with Gasteiger partial charge in [-0.05, 0) is 48.4 Å². The van der Waals surface area contributed by atoms with E-state index in [0.717, 1.165) is 11.1 Å². The van der Waals surface area contributed by atoms with Gasteiger partial charge in [0.2, 0.25) is 0 Å². The van der Waals surface area contributed by atoms with E-state index in [1.165, 1.54) is 25.1 Å². The van der Waals surface area contributed by atoms with E-state index >= 15 is 0 Å². The van der Waals surface area contributed by atoms with E-state index in [4.69, 9.17) is 0 Å². The second-order valence-corrected chi connectivity index (χ2v) is 4.93. The lowest BCUT2D eigenvalue weighted by molar-refractivity contribution is 0.248. The average molecular weight is 258 g/mol. The molecule has 1 aromatic rings. The summed E-state index contributed by atoms with van der Waals surface area (Å²) >= 11 is 3.48. The van der Waals surface area contributed by atoms with Crippen molar-refractivity contribution in [1.29, 1.82) is 0 Å². The summed E-state index contributed by atoms with van der Waals surface area (Å²) in [6.45, 7) is 2.37. The van der Waals surface area contributed by atoms with Crippen LogP contribution in [0.25, 0.3) is 0 Å². The third-order valence-electron chi connectivity index (χ3n) is 2.88. The maximum absolute atomic E-state index is 4.51. The molecule has 1 atom stereocenters. The highest BCUT2D eigenvalue weighted by atomic mass is 79.9. The van der Waals surface area contributed by atoms with E-state index in [-0.39, 0.29) is 0 Å². The Morgan fingerprint density at radius 1 is 1.50 bits per heavy atom. The summed E-state index contributed by atoms with van der Waals surface area (Å²) < 4.78 is 2.96. The fourth-order valence-corrected chi connectivity index (χ4v) is 2.39. The van der Waals surface area contributed by atoms with E-state index in [1.807, 2.05) is 11.7 Å². The van der Waals surface area contributed by atoms with Crippen molar-refractivity contribution in [2.75, 3.05) is 20.1 Å². The van der Waals surface area contributed by atoms with E-state index < -0.39 is 0 Å². The van der Waals surface area contributed by atoms with Crippen molar-refractivity contribution in [1.82, 2.24) is 14.7 Å². The molecule has 3 nitrogen and oxygen atoms in total. The third-order valence-corrected chi connectivity index (χ3v) is 3.63. The van der Waals surface area contributed by atoms with Crippen molar-refractivity contribution in [2.24, 2.45) is 7.05 Å². The number of aromatic nitrogens is 2. The lowest BCUT2D eigenvalue weighted by Crippen LogP contribution is -2.31.